The van der Waals surface area contributed by atoms with Crippen LogP contribution in [-0.2, 0) is 35.1 Å². The van der Waals surface area contributed by atoms with Gasteiger partial charge >= 0.3 is 12.2 Å². The number of ether oxygens (including phenoxy) is 2. The number of nitrogens with zero attached hydrogens (tertiary/aromatic N) is 3. The molecule has 2 amide bonds. The normalized spacial score (nSPS) is 15.3. The molecule has 1 aliphatic rings. The van der Waals surface area contributed by atoms with Gasteiger partial charge in [0.2, 0.25) is 17.6 Å². The first-order valence-electron chi connectivity index (χ1n) is 12.6. The molecule has 2 heterocycles. The lowest BCUT2D eigenvalue weighted by molar-refractivity contribution is -0.152. The number of ketones is 1. The Kier molecular flexibility index (Phi) is 10.7. The number of aromatic amines is 1. The number of morpholine rings is 1. The number of fused-ring (bicyclic) bond motifs is 1. The molecule has 0 radical (unpaired) electrons. The summed E-state index contributed by atoms with van der Waals surface area (Å²) in [5, 5.41) is 6.39. The fourth-order valence-electron chi connectivity index (χ4n) is 4.18. The van der Waals surface area contributed by atoms with E-state index in [-0.39, 0.29) is 31.7 Å². The minimum atomic E-state index is -1.14. The predicted octanol–water partition coefficient (Wildman–Crippen LogP) is 0.614. The van der Waals surface area contributed by atoms with Crippen LogP contribution in [0.15, 0.2) is 30.5 Å². The third-order valence-corrected chi connectivity index (χ3v) is 6.06. The Labute approximate surface area is 220 Å². The Morgan fingerprint density at radius 1 is 1.16 bits per heavy atom. The Bertz CT molecular complexity index is 1180. The second-order valence-corrected chi connectivity index (χ2v) is 9.37. The van der Waals surface area contributed by atoms with Gasteiger partial charge in [-0.1, -0.05) is 18.2 Å². The average molecular weight is 527 g/mol. The molecule has 3 rings (SSSR count). The highest BCUT2D eigenvalue weighted by Gasteiger charge is 2.30. The van der Waals surface area contributed by atoms with Crippen molar-refractivity contribution in [3.63, 3.8) is 0 Å². The van der Waals surface area contributed by atoms with Crippen molar-refractivity contribution in [2.24, 2.45) is 0 Å². The molecule has 38 heavy (non-hydrogen) atoms. The summed E-state index contributed by atoms with van der Waals surface area (Å²) in [6, 6.07) is 5.48. The van der Waals surface area contributed by atoms with Crippen LogP contribution in [0.5, 0.6) is 0 Å². The van der Waals surface area contributed by atoms with Crippen LogP contribution in [0.25, 0.3) is 16.4 Å². The van der Waals surface area contributed by atoms with E-state index >= 15 is 0 Å². The molecule has 1 aliphatic heterocycles. The smallest absolute Gasteiger partial charge is 0.328 e. The largest absolute Gasteiger partial charge is 0.461 e. The summed E-state index contributed by atoms with van der Waals surface area (Å²) in [7, 11) is 0. The lowest BCUT2D eigenvalue weighted by Crippen LogP contribution is -2.54. The van der Waals surface area contributed by atoms with Crippen LogP contribution in [0.1, 0.15) is 32.3 Å². The van der Waals surface area contributed by atoms with Crippen molar-refractivity contribution in [1.29, 1.82) is 0 Å². The monoisotopic (exact) mass is 526 g/mol. The van der Waals surface area contributed by atoms with E-state index in [1.807, 2.05) is 29.2 Å². The molecular weight excluding hydrogens is 492 g/mol. The van der Waals surface area contributed by atoms with E-state index in [4.69, 9.17) is 15.0 Å². The predicted molar refractivity (Wildman–Crippen MR) is 138 cm³/mol. The minimum Gasteiger partial charge on any atom is -0.461 e. The average Bonchev–Trinajstić information content (AvgIpc) is 3.29. The van der Waals surface area contributed by atoms with Crippen LogP contribution in [0.4, 0.5) is 0 Å². The fraction of sp³-hybridized carbons (Fsp3) is 0.500. The minimum absolute atomic E-state index is 0.0658. The lowest BCUT2D eigenvalue weighted by Gasteiger charge is -2.27. The number of carbonyl (C=O) groups excluding carboxylic acids is 4. The van der Waals surface area contributed by atoms with Crippen molar-refractivity contribution in [2.75, 3.05) is 32.8 Å². The maximum atomic E-state index is 13.5. The van der Waals surface area contributed by atoms with Gasteiger partial charge in [0.25, 0.3) is 0 Å². The van der Waals surface area contributed by atoms with Crippen LogP contribution >= 0.6 is 0 Å². The first-order valence-corrected chi connectivity index (χ1v) is 12.6. The molecule has 0 saturated carbocycles. The van der Waals surface area contributed by atoms with E-state index in [1.54, 1.807) is 20.0 Å². The molecule has 0 unspecified atom stereocenters. The number of benzene rings is 1. The number of Topliss-reactive ketones (excluding diaryl/α,β-unsaturated/α-hetero) is 1. The highest BCUT2D eigenvalue weighted by Crippen LogP contribution is 2.19. The summed E-state index contributed by atoms with van der Waals surface area (Å²) in [5.41, 5.74) is 10.3. The molecule has 2 aromatic rings. The number of hydrogen-bond donors (Lipinski definition) is 3. The first-order chi connectivity index (χ1) is 18.3. The number of esters is 1. The van der Waals surface area contributed by atoms with Crippen molar-refractivity contribution in [1.82, 2.24) is 20.5 Å². The SMILES string of the molecule is CC(C)OC(=O)[C@H](CCC(=O)C=[N+]=[N-])NC(=O)[C@H](Cc1c[nH]c2ccccc12)NC(=O)CN1CCOCC1. The number of nitrogens with one attached hydrogen (secondary N) is 3. The van der Waals surface area contributed by atoms with Crippen LogP contribution in [0, 0.1) is 0 Å². The van der Waals surface area contributed by atoms with Gasteiger partial charge in [-0.15, -0.1) is 0 Å². The van der Waals surface area contributed by atoms with Crippen LogP contribution in [0.3, 0.4) is 0 Å². The number of amides is 2. The van der Waals surface area contributed by atoms with E-state index < -0.39 is 35.8 Å². The van der Waals surface area contributed by atoms with Gasteiger partial charge in [-0.2, -0.15) is 4.79 Å². The second-order valence-electron chi connectivity index (χ2n) is 9.37. The molecule has 204 valence electrons. The number of H-pyrrole nitrogens is 1. The van der Waals surface area contributed by atoms with Gasteiger partial charge in [0.15, 0.2) is 0 Å². The molecular formula is C26H34N6O6. The van der Waals surface area contributed by atoms with Crippen molar-refractivity contribution < 1.29 is 33.4 Å². The van der Waals surface area contributed by atoms with Gasteiger partial charge in [-0.05, 0) is 31.9 Å². The molecule has 3 N–H and O–H groups in total. The van der Waals surface area contributed by atoms with E-state index in [0.29, 0.717) is 26.3 Å². The molecule has 12 heteroatoms. The zero-order chi connectivity index (χ0) is 27.5. The molecule has 0 spiro atoms. The number of rotatable bonds is 13. The molecule has 12 nitrogen and oxygen atoms in total. The van der Waals surface area contributed by atoms with Crippen molar-refractivity contribution in [3.05, 3.63) is 41.6 Å². The number of aromatic nitrogens is 1. The van der Waals surface area contributed by atoms with Crippen LogP contribution < -0.4 is 10.6 Å². The maximum Gasteiger partial charge on any atom is 0.328 e. The van der Waals surface area contributed by atoms with E-state index in [0.717, 1.165) is 22.7 Å². The van der Waals surface area contributed by atoms with Gasteiger partial charge in [0, 0.05) is 43.0 Å². The number of carbonyl (C=O) groups is 4. The highest BCUT2D eigenvalue weighted by atomic mass is 16.5. The maximum absolute atomic E-state index is 13.5. The summed E-state index contributed by atoms with van der Waals surface area (Å²) in [5.74, 6) is -2.13. The number of hydrogen-bond acceptors (Lipinski definition) is 7. The molecule has 1 aromatic heterocycles. The molecule has 1 aromatic carbocycles. The zero-order valence-electron chi connectivity index (χ0n) is 21.6. The van der Waals surface area contributed by atoms with E-state index in [2.05, 4.69) is 20.4 Å². The fourth-order valence-corrected chi connectivity index (χ4v) is 4.18. The van der Waals surface area contributed by atoms with Gasteiger partial charge in [0.05, 0.1) is 25.9 Å². The summed E-state index contributed by atoms with van der Waals surface area (Å²) in [6.07, 6.45) is 2.04. The van der Waals surface area contributed by atoms with Crippen molar-refractivity contribution in [2.45, 2.75) is 51.3 Å². The quantitative estimate of drug-likeness (QED) is 0.149. The summed E-state index contributed by atoms with van der Waals surface area (Å²) in [6.45, 7) is 5.74. The Hall–Kier alpha value is -3.86. The van der Waals surface area contributed by atoms with Crippen molar-refractivity contribution >= 4 is 40.7 Å². The Balaban J connectivity index is 1.78. The molecule has 0 aliphatic carbocycles. The Morgan fingerprint density at radius 2 is 1.89 bits per heavy atom. The summed E-state index contributed by atoms with van der Waals surface area (Å²) >= 11 is 0. The molecule has 1 saturated heterocycles. The topological polar surface area (TPSA) is 166 Å². The van der Waals surface area contributed by atoms with Gasteiger partial charge in [-0.3, -0.25) is 19.3 Å². The van der Waals surface area contributed by atoms with Crippen molar-refractivity contribution in [3.8, 4) is 0 Å². The van der Waals surface area contributed by atoms with Gasteiger partial charge < -0.3 is 30.6 Å². The lowest BCUT2D eigenvalue weighted by atomic mass is 10.0. The van der Waals surface area contributed by atoms with Gasteiger partial charge in [-0.25, -0.2) is 4.79 Å². The second kappa shape index (κ2) is 14.2. The third kappa shape index (κ3) is 8.62. The third-order valence-electron chi connectivity index (χ3n) is 6.06. The zero-order valence-corrected chi connectivity index (χ0v) is 21.6. The highest BCUT2D eigenvalue weighted by molar-refractivity contribution is 6.25. The molecule has 2 atom stereocenters. The van der Waals surface area contributed by atoms with Crippen LogP contribution in [-0.4, -0.2) is 95.5 Å². The van der Waals surface area contributed by atoms with Gasteiger partial charge in [0.1, 0.15) is 12.1 Å². The molecule has 1 fully saturated rings. The van der Waals surface area contributed by atoms with Crippen LogP contribution in [0.2, 0.25) is 0 Å². The standard InChI is InChI=1S/C26H34N6O6/c1-17(2)38-26(36)22(8-7-19(33)15-29-27)31-25(35)23(30-24(34)16-32-9-11-37-12-10-32)13-18-14-28-21-6-4-3-5-20(18)21/h3-6,14-15,17,22-23,28H,7-13,16H2,1-2H3,(H,30,34)(H,31,35)/t22-,23-/m0/s1. The summed E-state index contributed by atoms with van der Waals surface area (Å²) < 4.78 is 10.6. The number of para-hydroxylation sites is 1. The van der Waals surface area contributed by atoms with E-state index in [1.165, 1.54) is 0 Å². The molecule has 0 bridgehead atoms. The first kappa shape index (κ1) is 28.7. The van der Waals surface area contributed by atoms with E-state index in [9.17, 15) is 19.2 Å². The Morgan fingerprint density at radius 3 is 2.61 bits per heavy atom. The summed E-state index contributed by atoms with van der Waals surface area (Å²) in [4.78, 5) is 58.8.